The van der Waals surface area contributed by atoms with E-state index in [0.29, 0.717) is 0 Å². The highest BCUT2D eigenvalue weighted by molar-refractivity contribution is 14.1. The molecule has 3 rings (SSSR count). The van der Waals surface area contributed by atoms with Gasteiger partial charge >= 0.3 is 0 Å². The first-order valence-electron chi connectivity index (χ1n) is 10.1. The van der Waals surface area contributed by atoms with Gasteiger partial charge in [0.1, 0.15) is 0 Å². The van der Waals surface area contributed by atoms with Gasteiger partial charge in [0.05, 0.1) is 0 Å². The molecule has 0 saturated heterocycles. The van der Waals surface area contributed by atoms with Crippen LogP contribution in [0.15, 0.2) is 18.2 Å². The molecule has 0 bridgehead atoms. The summed E-state index contributed by atoms with van der Waals surface area (Å²) in [6, 6.07) is 6.85. The van der Waals surface area contributed by atoms with Crippen molar-refractivity contribution in [1.29, 1.82) is 0 Å². The van der Waals surface area contributed by atoms with Gasteiger partial charge in [-0.3, -0.25) is 0 Å². The number of H-pyrrole nitrogens is 1. The maximum Gasteiger partial charge on any atom is 0.0459 e. The molecule has 0 saturated carbocycles. The predicted molar refractivity (Wildman–Crippen MR) is 114 cm³/mol. The van der Waals surface area contributed by atoms with Crippen LogP contribution >= 0.6 is 22.6 Å². The Hall–Kier alpha value is -0.510. The molecule has 1 unspecified atom stereocenters. The van der Waals surface area contributed by atoms with Crippen molar-refractivity contribution >= 4 is 33.5 Å². The van der Waals surface area contributed by atoms with Crippen molar-refractivity contribution in [3.05, 3.63) is 33.0 Å². The minimum absolute atomic E-state index is 0.777. The molecule has 1 atom stereocenters. The predicted octanol–water partition coefficient (Wildman–Crippen LogP) is 7.72. The maximum absolute atomic E-state index is 3.77. The lowest BCUT2D eigenvalue weighted by atomic mass is 9.83. The van der Waals surface area contributed by atoms with Crippen molar-refractivity contribution in [1.82, 2.24) is 4.98 Å². The second kappa shape index (κ2) is 9.26. The number of benzene rings is 1. The van der Waals surface area contributed by atoms with Gasteiger partial charge in [-0.05, 0) is 78.0 Å². The summed E-state index contributed by atoms with van der Waals surface area (Å²) in [4.78, 5) is 3.77. The summed E-state index contributed by atoms with van der Waals surface area (Å²) in [7, 11) is 0. The number of rotatable bonds is 9. The fourth-order valence-electron chi connectivity index (χ4n) is 4.34. The zero-order valence-electron chi connectivity index (χ0n) is 15.2. The molecular formula is C22H32IN. The van der Waals surface area contributed by atoms with E-state index in [0.717, 1.165) is 5.92 Å². The van der Waals surface area contributed by atoms with E-state index in [1.165, 1.54) is 91.5 Å². The van der Waals surface area contributed by atoms with E-state index in [2.05, 4.69) is 52.7 Å². The van der Waals surface area contributed by atoms with E-state index in [1.807, 2.05) is 0 Å². The van der Waals surface area contributed by atoms with Crippen LogP contribution in [0, 0.1) is 3.57 Å². The molecule has 0 spiro atoms. The van der Waals surface area contributed by atoms with E-state index >= 15 is 0 Å². The lowest BCUT2D eigenvalue weighted by molar-refractivity contribution is 0.476. The Morgan fingerprint density at radius 2 is 1.79 bits per heavy atom. The number of hydrogen-bond acceptors (Lipinski definition) is 0. The van der Waals surface area contributed by atoms with Crippen molar-refractivity contribution in [2.45, 2.75) is 89.9 Å². The minimum Gasteiger partial charge on any atom is -0.358 e. The zero-order valence-corrected chi connectivity index (χ0v) is 17.3. The van der Waals surface area contributed by atoms with Crippen molar-refractivity contribution in [3.63, 3.8) is 0 Å². The second-order valence-corrected chi connectivity index (χ2v) is 8.81. The second-order valence-electron chi connectivity index (χ2n) is 7.56. The number of aryl methyl sites for hydroxylation is 1. The van der Waals surface area contributed by atoms with Gasteiger partial charge < -0.3 is 4.98 Å². The zero-order chi connectivity index (χ0) is 16.8. The summed E-state index contributed by atoms with van der Waals surface area (Å²) in [6.07, 6.45) is 16.8. The molecule has 24 heavy (non-hydrogen) atoms. The van der Waals surface area contributed by atoms with Crippen LogP contribution in [-0.2, 0) is 6.42 Å². The number of unbranched alkanes of at least 4 members (excludes halogenated alkanes) is 7. The summed E-state index contributed by atoms with van der Waals surface area (Å²) in [5, 5.41) is 1.48. The van der Waals surface area contributed by atoms with Crippen molar-refractivity contribution in [3.8, 4) is 0 Å². The first-order valence-corrected chi connectivity index (χ1v) is 11.2. The van der Waals surface area contributed by atoms with Crippen LogP contribution in [0.4, 0.5) is 0 Å². The molecule has 0 aliphatic heterocycles. The molecule has 1 aromatic heterocycles. The summed E-state index contributed by atoms with van der Waals surface area (Å²) in [5.41, 5.74) is 4.55. The first kappa shape index (κ1) is 18.3. The van der Waals surface area contributed by atoms with Crippen LogP contribution in [0.5, 0.6) is 0 Å². The number of aromatic nitrogens is 1. The summed E-state index contributed by atoms with van der Waals surface area (Å²) in [5.74, 6) is 0.777. The molecule has 1 aliphatic carbocycles. The van der Waals surface area contributed by atoms with Gasteiger partial charge in [0.15, 0.2) is 0 Å². The van der Waals surface area contributed by atoms with Gasteiger partial charge in [0.25, 0.3) is 0 Å². The Morgan fingerprint density at radius 3 is 2.58 bits per heavy atom. The fourth-order valence-corrected chi connectivity index (χ4v) is 4.83. The third-order valence-electron chi connectivity index (χ3n) is 5.69. The number of fused-ring (bicyclic) bond motifs is 3. The molecule has 1 nitrogen and oxygen atoms in total. The van der Waals surface area contributed by atoms with Crippen molar-refractivity contribution < 1.29 is 0 Å². The SMILES string of the molecule is CCCCCCCCCCC1CCCc2c1[nH]c1ccc(I)cc21. The van der Waals surface area contributed by atoms with Crippen LogP contribution in [0.3, 0.4) is 0 Å². The van der Waals surface area contributed by atoms with Crippen LogP contribution in [0.1, 0.15) is 94.7 Å². The molecule has 0 amide bonds. The number of aromatic amines is 1. The van der Waals surface area contributed by atoms with E-state index < -0.39 is 0 Å². The number of halogens is 1. The lowest BCUT2D eigenvalue weighted by Crippen LogP contribution is -2.09. The Bertz CT molecular complexity index is 643. The lowest BCUT2D eigenvalue weighted by Gasteiger charge is -2.22. The fraction of sp³-hybridized carbons (Fsp3) is 0.636. The van der Waals surface area contributed by atoms with E-state index in [9.17, 15) is 0 Å². The molecule has 132 valence electrons. The van der Waals surface area contributed by atoms with Gasteiger partial charge in [-0.15, -0.1) is 0 Å². The molecular weight excluding hydrogens is 405 g/mol. The van der Waals surface area contributed by atoms with Crippen LogP contribution in [-0.4, -0.2) is 4.98 Å². The molecule has 1 aliphatic rings. The van der Waals surface area contributed by atoms with Crippen molar-refractivity contribution in [2.75, 3.05) is 0 Å². The Morgan fingerprint density at radius 1 is 1.04 bits per heavy atom. The monoisotopic (exact) mass is 437 g/mol. The van der Waals surface area contributed by atoms with E-state index in [4.69, 9.17) is 0 Å². The van der Waals surface area contributed by atoms with Crippen LogP contribution < -0.4 is 0 Å². The smallest absolute Gasteiger partial charge is 0.0459 e. The number of hydrogen-bond donors (Lipinski definition) is 1. The molecule has 1 heterocycles. The largest absolute Gasteiger partial charge is 0.358 e. The minimum atomic E-state index is 0.777. The molecule has 2 aromatic rings. The van der Waals surface area contributed by atoms with E-state index in [-0.39, 0.29) is 0 Å². The topological polar surface area (TPSA) is 15.8 Å². The van der Waals surface area contributed by atoms with Crippen LogP contribution in [0.25, 0.3) is 10.9 Å². The summed E-state index contributed by atoms with van der Waals surface area (Å²) >= 11 is 2.44. The maximum atomic E-state index is 3.77. The highest BCUT2D eigenvalue weighted by atomic mass is 127. The Balaban J connectivity index is 1.51. The van der Waals surface area contributed by atoms with Crippen LogP contribution in [0.2, 0.25) is 0 Å². The Labute approximate surface area is 161 Å². The molecule has 2 heteroatoms. The highest BCUT2D eigenvalue weighted by Crippen LogP contribution is 2.39. The van der Waals surface area contributed by atoms with Gasteiger partial charge in [0, 0.05) is 20.2 Å². The van der Waals surface area contributed by atoms with Gasteiger partial charge in [0.2, 0.25) is 0 Å². The molecule has 0 fully saturated rings. The molecule has 1 N–H and O–H groups in total. The van der Waals surface area contributed by atoms with Gasteiger partial charge in [-0.1, -0.05) is 58.3 Å². The van der Waals surface area contributed by atoms with Crippen molar-refractivity contribution in [2.24, 2.45) is 0 Å². The van der Waals surface area contributed by atoms with Gasteiger partial charge in [-0.25, -0.2) is 0 Å². The first-order chi connectivity index (χ1) is 11.8. The summed E-state index contributed by atoms with van der Waals surface area (Å²) < 4.78 is 1.35. The molecule has 0 radical (unpaired) electrons. The van der Waals surface area contributed by atoms with Gasteiger partial charge in [-0.2, -0.15) is 0 Å². The number of nitrogens with one attached hydrogen (secondary N) is 1. The van der Waals surface area contributed by atoms with E-state index in [1.54, 1.807) is 11.3 Å². The quantitative estimate of drug-likeness (QED) is 0.305. The summed E-state index contributed by atoms with van der Waals surface area (Å²) in [6.45, 7) is 2.29. The third kappa shape index (κ3) is 4.56. The molecule has 1 aromatic carbocycles. The standard InChI is InChI=1S/C22H32IN/c1-2-3-4-5-6-7-8-9-11-17-12-10-13-19-20-16-18(23)14-15-21(20)24-22(17)19/h14-17,24H,2-13H2,1H3. The average Bonchev–Trinajstić information content (AvgIpc) is 2.96. The highest BCUT2D eigenvalue weighted by Gasteiger charge is 2.23. The normalized spacial score (nSPS) is 17.3. The Kier molecular flexibility index (Phi) is 7.06. The third-order valence-corrected chi connectivity index (χ3v) is 6.37. The average molecular weight is 437 g/mol.